The molecule has 0 fully saturated rings. The second-order valence-corrected chi connectivity index (χ2v) is 13.1. The second-order valence-electron chi connectivity index (χ2n) is 13.1. The van der Waals surface area contributed by atoms with Crippen LogP contribution in [0.25, 0.3) is 0 Å². The van der Waals surface area contributed by atoms with Crippen LogP contribution in [-0.2, 0) is 14.3 Å². The topological polar surface area (TPSA) is 63.6 Å². The number of esters is 1. The summed E-state index contributed by atoms with van der Waals surface area (Å²) in [6.07, 6.45) is 45.7. The quantitative estimate of drug-likeness (QED) is 0.0579. The van der Waals surface area contributed by atoms with E-state index in [0.29, 0.717) is 12.8 Å². The van der Waals surface area contributed by atoms with Gasteiger partial charge in [-0.25, -0.2) is 0 Å². The third-order valence-electron chi connectivity index (χ3n) is 9.00. The Labute approximate surface area is 262 Å². The average Bonchev–Trinajstić information content (AvgIpc) is 2.98. The number of carbonyl (C=O) groups excluding carboxylic acids is 1. The second kappa shape index (κ2) is 36.1. The fourth-order valence-corrected chi connectivity index (χ4v) is 6.13. The van der Waals surface area contributed by atoms with Crippen LogP contribution in [0.1, 0.15) is 225 Å². The van der Waals surface area contributed by atoms with Crippen molar-refractivity contribution in [3.05, 3.63) is 0 Å². The first kappa shape index (κ1) is 40.9. The van der Waals surface area contributed by atoms with E-state index in [4.69, 9.17) is 5.11 Å². The van der Waals surface area contributed by atoms with Crippen LogP contribution in [0.4, 0.5) is 0 Å². The molecular weight excluding hydrogens is 520 g/mol. The molecule has 0 unspecified atom stereocenters. The first-order valence-electron chi connectivity index (χ1n) is 19.0. The largest absolute Gasteiger partial charge is 0.481 e. The lowest BCUT2D eigenvalue weighted by Crippen LogP contribution is -1.99. The minimum Gasteiger partial charge on any atom is -0.481 e. The van der Waals surface area contributed by atoms with Gasteiger partial charge in [0.25, 0.3) is 0 Å². The fourth-order valence-electron chi connectivity index (χ4n) is 6.13. The highest BCUT2D eigenvalue weighted by atomic mass is 16.5. The Morgan fingerprint density at radius 1 is 0.333 bits per heavy atom. The van der Waals surface area contributed by atoms with Gasteiger partial charge in [-0.2, -0.15) is 0 Å². The Hall–Kier alpha value is -1.06. The number of carbonyl (C=O) groups is 2. The SMILES string of the molecule is COC(=O)CCCCCCCCCCCCCCCCCCCCCCCCCCCCCCCCCCCC(=O)O. The maximum atomic E-state index is 11.1. The molecule has 4 nitrogen and oxygen atoms in total. The van der Waals surface area contributed by atoms with E-state index in [0.717, 1.165) is 19.3 Å². The molecule has 0 aromatic heterocycles. The highest BCUT2D eigenvalue weighted by molar-refractivity contribution is 5.69. The lowest BCUT2D eigenvalue weighted by Gasteiger charge is -2.05. The van der Waals surface area contributed by atoms with Gasteiger partial charge in [0.15, 0.2) is 0 Å². The monoisotopic (exact) mass is 595 g/mol. The molecule has 0 bridgehead atoms. The first-order chi connectivity index (χ1) is 20.7. The average molecular weight is 595 g/mol. The molecule has 42 heavy (non-hydrogen) atoms. The lowest BCUT2D eigenvalue weighted by atomic mass is 10.0. The minimum absolute atomic E-state index is 0.0658. The van der Waals surface area contributed by atoms with Crippen molar-refractivity contribution >= 4 is 11.9 Å². The van der Waals surface area contributed by atoms with Crippen molar-refractivity contribution in [2.75, 3.05) is 7.11 Å². The highest BCUT2D eigenvalue weighted by Gasteiger charge is 2.00. The standard InChI is InChI=1S/C38H74O4/c1-42-38(41)36-34-32-30-28-26-24-22-20-18-16-14-12-10-8-6-4-2-3-5-7-9-11-13-15-17-19-21-23-25-27-29-31-33-35-37(39)40/h2-36H2,1H3,(H,39,40). The Balaban J connectivity index is 3.05. The van der Waals surface area contributed by atoms with Crippen molar-refractivity contribution in [3.8, 4) is 0 Å². The molecule has 4 heteroatoms. The van der Waals surface area contributed by atoms with Crippen molar-refractivity contribution in [2.24, 2.45) is 0 Å². The van der Waals surface area contributed by atoms with E-state index < -0.39 is 5.97 Å². The number of aliphatic carboxylic acids is 1. The Morgan fingerprint density at radius 3 is 0.667 bits per heavy atom. The molecule has 0 radical (unpaired) electrons. The molecule has 0 aliphatic carbocycles. The van der Waals surface area contributed by atoms with E-state index in [2.05, 4.69) is 4.74 Å². The smallest absolute Gasteiger partial charge is 0.305 e. The van der Waals surface area contributed by atoms with Crippen LogP contribution in [0.5, 0.6) is 0 Å². The molecule has 0 aromatic rings. The molecule has 0 saturated carbocycles. The number of rotatable bonds is 36. The molecule has 0 aromatic carbocycles. The molecule has 0 saturated heterocycles. The van der Waals surface area contributed by atoms with Crippen molar-refractivity contribution in [2.45, 2.75) is 225 Å². The summed E-state index contributed by atoms with van der Waals surface area (Å²) in [6.45, 7) is 0. The summed E-state index contributed by atoms with van der Waals surface area (Å²) in [5.74, 6) is -0.718. The number of carboxylic acid groups (broad SMARTS) is 1. The van der Waals surface area contributed by atoms with Gasteiger partial charge < -0.3 is 9.84 Å². The molecule has 250 valence electrons. The Morgan fingerprint density at radius 2 is 0.500 bits per heavy atom. The number of hydrogen-bond acceptors (Lipinski definition) is 3. The normalized spacial score (nSPS) is 11.3. The van der Waals surface area contributed by atoms with E-state index in [-0.39, 0.29) is 5.97 Å². The van der Waals surface area contributed by atoms with Gasteiger partial charge >= 0.3 is 11.9 Å². The van der Waals surface area contributed by atoms with Crippen LogP contribution in [0.15, 0.2) is 0 Å². The summed E-state index contributed by atoms with van der Waals surface area (Å²) in [7, 11) is 1.47. The summed E-state index contributed by atoms with van der Waals surface area (Å²) < 4.78 is 4.68. The van der Waals surface area contributed by atoms with Gasteiger partial charge in [0.2, 0.25) is 0 Å². The summed E-state index contributed by atoms with van der Waals surface area (Å²) in [4.78, 5) is 21.5. The van der Waals surface area contributed by atoms with Crippen LogP contribution in [0.2, 0.25) is 0 Å². The van der Waals surface area contributed by atoms with Crippen LogP contribution < -0.4 is 0 Å². The number of hydrogen-bond donors (Lipinski definition) is 1. The van der Waals surface area contributed by atoms with E-state index in [1.807, 2.05) is 0 Å². The molecule has 0 aliphatic rings. The number of ether oxygens (including phenoxy) is 1. The molecule has 0 atom stereocenters. The van der Waals surface area contributed by atoms with Crippen LogP contribution in [0, 0.1) is 0 Å². The molecule has 0 heterocycles. The summed E-state index contributed by atoms with van der Waals surface area (Å²) in [5, 5.41) is 8.64. The van der Waals surface area contributed by atoms with E-state index in [1.54, 1.807) is 0 Å². The zero-order valence-electron chi connectivity index (χ0n) is 28.4. The van der Waals surface area contributed by atoms with Gasteiger partial charge in [-0.1, -0.05) is 199 Å². The van der Waals surface area contributed by atoms with E-state index in [1.165, 1.54) is 200 Å². The molecule has 0 rings (SSSR count). The van der Waals surface area contributed by atoms with Gasteiger partial charge in [0, 0.05) is 12.8 Å². The third-order valence-corrected chi connectivity index (χ3v) is 9.00. The maximum Gasteiger partial charge on any atom is 0.305 e. The predicted octanol–water partition coefficient (Wildman–Crippen LogP) is 12.9. The van der Waals surface area contributed by atoms with Crippen molar-refractivity contribution in [3.63, 3.8) is 0 Å². The third kappa shape index (κ3) is 37.0. The molecule has 0 spiro atoms. The van der Waals surface area contributed by atoms with Gasteiger partial charge in [0.05, 0.1) is 7.11 Å². The van der Waals surface area contributed by atoms with E-state index in [9.17, 15) is 9.59 Å². The maximum absolute atomic E-state index is 11.1. The Bertz CT molecular complexity index is 547. The van der Waals surface area contributed by atoms with Crippen molar-refractivity contribution < 1.29 is 19.4 Å². The molecule has 0 amide bonds. The molecule has 0 aliphatic heterocycles. The van der Waals surface area contributed by atoms with Crippen LogP contribution in [0.3, 0.4) is 0 Å². The number of unbranched alkanes of at least 4 members (excludes halogenated alkanes) is 32. The number of carboxylic acids is 1. The van der Waals surface area contributed by atoms with Crippen LogP contribution in [-0.4, -0.2) is 24.2 Å². The lowest BCUT2D eigenvalue weighted by molar-refractivity contribution is -0.141. The van der Waals surface area contributed by atoms with Crippen molar-refractivity contribution in [1.29, 1.82) is 0 Å². The first-order valence-corrected chi connectivity index (χ1v) is 19.0. The van der Waals surface area contributed by atoms with E-state index >= 15 is 0 Å². The minimum atomic E-state index is -0.652. The molecular formula is C38H74O4. The summed E-state index contributed by atoms with van der Waals surface area (Å²) in [6, 6.07) is 0. The fraction of sp³-hybridized carbons (Fsp3) is 0.947. The molecule has 1 N–H and O–H groups in total. The van der Waals surface area contributed by atoms with Crippen molar-refractivity contribution in [1.82, 2.24) is 0 Å². The van der Waals surface area contributed by atoms with Crippen LogP contribution >= 0.6 is 0 Å². The van der Waals surface area contributed by atoms with Gasteiger partial charge in [-0.3, -0.25) is 9.59 Å². The van der Waals surface area contributed by atoms with Gasteiger partial charge in [-0.05, 0) is 12.8 Å². The van der Waals surface area contributed by atoms with Gasteiger partial charge in [0.1, 0.15) is 0 Å². The number of methoxy groups -OCH3 is 1. The predicted molar refractivity (Wildman–Crippen MR) is 181 cm³/mol. The zero-order valence-corrected chi connectivity index (χ0v) is 28.4. The zero-order chi connectivity index (χ0) is 30.6. The van der Waals surface area contributed by atoms with Gasteiger partial charge in [-0.15, -0.1) is 0 Å². The summed E-state index contributed by atoms with van der Waals surface area (Å²) >= 11 is 0. The Kier molecular flexibility index (Phi) is 35.2. The summed E-state index contributed by atoms with van der Waals surface area (Å²) in [5.41, 5.74) is 0. The highest BCUT2D eigenvalue weighted by Crippen LogP contribution is 2.17.